The summed E-state index contributed by atoms with van der Waals surface area (Å²) in [5.41, 5.74) is 0.555. The maximum Gasteiger partial charge on any atom is 0.244 e. The zero-order chi connectivity index (χ0) is 23.9. The molecule has 0 saturated carbocycles. The Morgan fingerprint density at radius 1 is 1.06 bits per heavy atom. The second-order valence-electron chi connectivity index (χ2n) is 11.2. The van der Waals surface area contributed by atoms with Gasteiger partial charge in [0, 0.05) is 32.3 Å². The molecule has 3 saturated heterocycles. The van der Waals surface area contributed by atoms with Gasteiger partial charge in [-0.3, -0.25) is 9.69 Å². The van der Waals surface area contributed by atoms with Crippen molar-refractivity contribution in [1.82, 2.24) is 14.2 Å². The van der Waals surface area contributed by atoms with Gasteiger partial charge in [-0.2, -0.15) is 4.31 Å². The van der Waals surface area contributed by atoms with Gasteiger partial charge >= 0.3 is 0 Å². The van der Waals surface area contributed by atoms with Crippen molar-refractivity contribution >= 4 is 21.7 Å². The Morgan fingerprint density at radius 3 is 2.24 bits per heavy atom. The summed E-state index contributed by atoms with van der Waals surface area (Å²) in [6.45, 7) is 11.4. The van der Waals surface area contributed by atoms with Crippen LogP contribution in [0.3, 0.4) is 0 Å². The van der Waals surface area contributed by atoms with Crippen molar-refractivity contribution < 1.29 is 17.6 Å². The molecule has 3 aliphatic rings. The molecule has 0 N–H and O–H groups in total. The van der Waals surface area contributed by atoms with E-state index in [1.165, 1.54) is 21.8 Å². The van der Waals surface area contributed by atoms with E-state index in [1.54, 1.807) is 0 Å². The smallest absolute Gasteiger partial charge is 0.244 e. The molecule has 0 unspecified atom stereocenters. The largest absolute Gasteiger partial charge is 0.303 e. The van der Waals surface area contributed by atoms with Crippen molar-refractivity contribution in [3.8, 4) is 0 Å². The van der Waals surface area contributed by atoms with Gasteiger partial charge in [-0.25, -0.2) is 17.8 Å². The summed E-state index contributed by atoms with van der Waals surface area (Å²) >= 11 is 0. The predicted octanol–water partition coefficient (Wildman–Crippen LogP) is 3.65. The van der Waals surface area contributed by atoms with Crippen LogP contribution in [0.25, 0.3) is 0 Å². The van der Waals surface area contributed by atoms with E-state index in [1.807, 2.05) is 0 Å². The fourth-order valence-corrected chi connectivity index (χ4v) is 6.62. The Hall–Kier alpha value is -1.58. The first kappa shape index (κ1) is 24.5. The summed E-state index contributed by atoms with van der Waals surface area (Å²) < 4.78 is 42.5. The highest BCUT2D eigenvalue weighted by Gasteiger charge is 2.41. The molecule has 1 aromatic rings. The summed E-state index contributed by atoms with van der Waals surface area (Å²) in [6, 6.07) is 1.02. The topological polar surface area (TPSA) is 73.8 Å². The fourth-order valence-electron chi connectivity index (χ4n) is 5.22. The third-order valence-electron chi connectivity index (χ3n) is 7.64. The zero-order valence-electron chi connectivity index (χ0n) is 20.1. The zero-order valence-corrected chi connectivity index (χ0v) is 21.0. The third kappa shape index (κ3) is 5.41. The van der Waals surface area contributed by atoms with E-state index >= 15 is 0 Å². The Labute approximate surface area is 197 Å². The van der Waals surface area contributed by atoms with Gasteiger partial charge in [-0.05, 0) is 75.1 Å². The number of aromatic nitrogens is 1. The summed E-state index contributed by atoms with van der Waals surface area (Å²) in [6.07, 6.45) is 7.30. The van der Waals surface area contributed by atoms with Crippen molar-refractivity contribution in [2.75, 3.05) is 44.2 Å². The number of nitrogens with zero attached hydrogens (tertiary/aromatic N) is 4. The van der Waals surface area contributed by atoms with Crippen molar-refractivity contribution in [3.05, 3.63) is 18.1 Å². The quantitative estimate of drug-likeness (QED) is 0.643. The number of halogens is 1. The first-order valence-electron chi connectivity index (χ1n) is 12.2. The molecule has 4 heterocycles. The van der Waals surface area contributed by atoms with E-state index in [0.29, 0.717) is 37.9 Å². The standard InChI is InChI=1S/C24H37FN4O3S/c1-23(2,3)6-12-27-13-7-24(8-14-27)9-15-28(16-10-24)33(31,32)19-17-20(25)22(26-18-19)29-11-4-5-21(29)30/h17-18H,4-16H2,1-3H3. The van der Waals surface area contributed by atoms with Crippen molar-refractivity contribution in [2.45, 2.75) is 70.6 Å². The van der Waals surface area contributed by atoms with Gasteiger partial charge in [0.1, 0.15) is 4.90 Å². The molecule has 0 aromatic carbocycles. The first-order chi connectivity index (χ1) is 15.5. The molecular weight excluding hydrogens is 443 g/mol. The van der Waals surface area contributed by atoms with Crippen LogP contribution in [0, 0.1) is 16.6 Å². The van der Waals surface area contributed by atoms with Gasteiger partial charge in [-0.1, -0.05) is 20.8 Å². The maximum absolute atomic E-state index is 14.7. The minimum absolute atomic E-state index is 0.0766. The molecular formula is C24H37FN4O3S. The average Bonchev–Trinajstić information content (AvgIpc) is 3.18. The molecule has 0 radical (unpaired) electrons. The van der Waals surface area contributed by atoms with Crippen LogP contribution in [0.5, 0.6) is 0 Å². The van der Waals surface area contributed by atoms with Crippen molar-refractivity contribution in [3.63, 3.8) is 0 Å². The Balaban J connectivity index is 1.36. The van der Waals surface area contributed by atoms with E-state index in [9.17, 15) is 17.6 Å². The lowest BCUT2D eigenvalue weighted by Crippen LogP contribution is -2.48. The van der Waals surface area contributed by atoms with E-state index in [4.69, 9.17) is 0 Å². The van der Waals surface area contributed by atoms with Gasteiger partial charge in [0.2, 0.25) is 15.9 Å². The summed E-state index contributed by atoms with van der Waals surface area (Å²) in [7, 11) is -3.81. The first-order valence-corrected chi connectivity index (χ1v) is 13.6. The molecule has 184 valence electrons. The van der Waals surface area contributed by atoms with Crippen LogP contribution in [-0.4, -0.2) is 67.8 Å². The van der Waals surface area contributed by atoms with Crippen molar-refractivity contribution in [2.24, 2.45) is 10.8 Å². The van der Waals surface area contributed by atoms with E-state index in [0.717, 1.165) is 51.4 Å². The van der Waals surface area contributed by atoms with Crippen LogP contribution in [0.1, 0.15) is 65.7 Å². The van der Waals surface area contributed by atoms with Crippen LogP contribution in [-0.2, 0) is 14.8 Å². The monoisotopic (exact) mass is 480 g/mol. The molecule has 1 amide bonds. The molecule has 0 atom stereocenters. The van der Waals surface area contributed by atoms with E-state index in [-0.39, 0.29) is 22.0 Å². The Bertz CT molecular complexity index is 974. The summed E-state index contributed by atoms with van der Waals surface area (Å²) in [5, 5.41) is 0. The molecule has 3 fully saturated rings. The van der Waals surface area contributed by atoms with E-state index < -0.39 is 15.8 Å². The highest BCUT2D eigenvalue weighted by Crippen LogP contribution is 2.42. The SMILES string of the molecule is CC(C)(C)CCN1CCC2(CC1)CCN(S(=O)(=O)c1cnc(N3CCCC3=O)c(F)c1)CC2. The molecule has 0 bridgehead atoms. The summed E-state index contributed by atoms with van der Waals surface area (Å²) in [4.78, 5) is 19.6. The van der Waals surface area contributed by atoms with E-state index in [2.05, 4.69) is 30.7 Å². The predicted molar refractivity (Wildman–Crippen MR) is 126 cm³/mol. The number of piperidine rings is 2. The number of carbonyl (C=O) groups excluding carboxylic acids is 1. The van der Waals surface area contributed by atoms with Gasteiger partial charge in [0.05, 0.1) is 0 Å². The maximum atomic E-state index is 14.7. The van der Waals surface area contributed by atoms with Gasteiger partial charge in [0.25, 0.3) is 0 Å². The molecule has 33 heavy (non-hydrogen) atoms. The lowest BCUT2D eigenvalue weighted by molar-refractivity contribution is -0.117. The number of anilines is 1. The van der Waals surface area contributed by atoms with Gasteiger partial charge < -0.3 is 4.90 Å². The third-order valence-corrected chi connectivity index (χ3v) is 9.51. The summed E-state index contributed by atoms with van der Waals surface area (Å²) in [5.74, 6) is -1.02. The van der Waals surface area contributed by atoms with Crippen molar-refractivity contribution in [1.29, 1.82) is 0 Å². The van der Waals surface area contributed by atoms with Gasteiger partial charge in [-0.15, -0.1) is 0 Å². The highest BCUT2D eigenvalue weighted by atomic mass is 32.2. The molecule has 9 heteroatoms. The second kappa shape index (κ2) is 9.23. The minimum Gasteiger partial charge on any atom is -0.303 e. The number of likely N-dealkylation sites (tertiary alicyclic amines) is 1. The fraction of sp³-hybridized carbons (Fsp3) is 0.750. The molecule has 1 spiro atoms. The average molecular weight is 481 g/mol. The number of amides is 1. The van der Waals surface area contributed by atoms with Crippen LogP contribution in [0.2, 0.25) is 0 Å². The molecule has 0 aliphatic carbocycles. The van der Waals surface area contributed by atoms with Gasteiger partial charge in [0.15, 0.2) is 11.6 Å². The minimum atomic E-state index is -3.81. The number of carbonyl (C=O) groups is 1. The normalized spacial score (nSPS) is 22.9. The van der Waals surface area contributed by atoms with Crippen LogP contribution >= 0.6 is 0 Å². The second-order valence-corrected chi connectivity index (χ2v) is 13.1. The Kier molecular flexibility index (Phi) is 6.86. The van der Waals surface area contributed by atoms with Crippen LogP contribution in [0.4, 0.5) is 10.2 Å². The lowest BCUT2D eigenvalue weighted by atomic mass is 9.71. The van der Waals surface area contributed by atoms with Crippen LogP contribution < -0.4 is 4.90 Å². The molecule has 1 aromatic heterocycles. The highest BCUT2D eigenvalue weighted by molar-refractivity contribution is 7.89. The molecule has 4 rings (SSSR count). The lowest BCUT2D eigenvalue weighted by Gasteiger charge is -2.46. The van der Waals surface area contributed by atoms with Crippen LogP contribution in [0.15, 0.2) is 17.2 Å². The number of rotatable bonds is 5. The number of sulfonamides is 1. The number of pyridine rings is 1. The number of hydrogen-bond donors (Lipinski definition) is 0. The Morgan fingerprint density at radius 2 is 1.70 bits per heavy atom. The number of hydrogen-bond acceptors (Lipinski definition) is 5. The molecule has 3 aliphatic heterocycles. The molecule has 7 nitrogen and oxygen atoms in total.